The number of nitrogens with one attached hydrogen (secondary N) is 1. The van der Waals surface area contributed by atoms with Crippen LogP contribution in [-0.2, 0) is 17.6 Å². The minimum absolute atomic E-state index is 0.254. The lowest BCUT2D eigenvalue weighted by Gasteiger charge is -2.31. The lowest BCUT2D eigenvalue weighted by atomic mass is 9.80. The Labute approximate surface area is 252 Å². The molecule has 0 saturated carbocycles. The summed E-state index contributed by atoms with van der Waals surface area (Å²) in [5, 5.41) is 13.7. The first-order valence-electron chi connectivity index (χ1n) is 15.6. The number of nitrogens with zero attached hydrogens (tertiary/aromatic N) is 3. The number of anilines is 1. The van der Waals surface area contributed by atoms with Gasteiger partial charge in [-0.25, -0.2) is 14.2 Å². The van der Waals surface area contributed by atoms with Crippen molar-refractivity contribution in [2.24, 2.45) is 11.8 Å². The number of hydrogen-bond acceptors (Lipinski definition) is 6. The second-order valence-corrected chi connectivity index (χ2v) is 12.6. The van der Waals surface area contributed by atoms with Crippen LogP contribution in [0, 0.1) is 17.7 Å². The summed E-state index contributed by atoms with van der Waals surface area (Å²) in [5.74, 6) is 0.323. The number of likely N-dealkylation sites (tertiary alicyclic amines) is 1. The van der Waals surface area contributed by atoms with Crippen molar-refractivity contribution in [2.45, 2.75) is 64.5 Å². The maximum atomic E-state index is 15.4. The van der Waals surface area contributed by atoms with Crippen molar-refractivity contribution < 1.29 is 23.8 Å². The Hall–Kier alpha value is -3.56. The third-order valence-corrected chi connectivity index (χ3v) is 9.44. The van der Waals surface area contributed by atoms with Gasteiger partial charge in [-0.1, -0.05) is 26.0 Å². The lowest BCUT2D eigenvalue weighted by Crippen LogP contribution is -2.38. The molecule has 2 fully saturated rings. The number of cyclic esters (lactones) is 1. The van der Waals surface area contributed by atoms with Crippen molar-refractivity contribution >= 4 is 28.6 Å². The molecular formula is C34H41FN4O4. The fraction of sp³-hybridized carbons (Fsp3) is 0.500. The molecule has 8 nitrogen and oxygen atoms in total. The van der Waals surface area contributed by atoms with E-state index in [-0.39, 0.29) is 29.7 Å². The summed E-state index contributed by atoms with van der Waals surface area (Å²) in [5.41, 5.74) is 4.35. The molecule has 1 aliphatic carbocycles. The molecule has 6 rings (SSSR count). The zero-order valence-corrected chi connectivity index (χ0v) is 25.0. The summed E-state index contributed by atoms with van der Waals surface area (Å²) in [6.07, 6.45) is 4.35. The van der Waals surface area contributed by atoms with Gasteiger partial charge in [-0.05, 0) is 91.8 Å². The van der Waals surface area contributed by atoms with E-state index in [2.05, 4.69) is 29.0 Å². The Balaban J connectivity index is 1.23. The number of fused-ring (bicyclic) bond motifs is 2. The van der Waals surface area contributed by atoms with Crippen molar-refractivity contribution in [2.75, 3.05) is 37.7 Å². The predicted octanol–water partition coefficient (Wildman–Crippen LogP) is 5.41. The van der Waals surface area contributed by atoms with E-state index in [0.717, 1.165) is 74.2 Å². The number of amides is 2. The summed E-state index contributed by atoms with van der Waals surface area (Å²) in [6, 6.07) is 12.3. The molecular weight excluding hydrogens is 547 g/mol. The zero-order chi connectivity index (χ0) is 30.1. The van der Waals surface area contributed by atoms with Crippen LogP contribution in [0.2, 0.25) is 0 Å². The van der Waals surface area contributed by atoms with Crippen molar-refractivity contribution in [3.8, 4) is 0 Å². The number of aromatic nitrogens is 1. The third kappa shape index (κ3) is 6.53. The van der Waals surface area contributed by atoms with Gasteiger partial charge in [-0.3, -0.25) is 9.69 Å². The molecule has 43 heavy (non-hydrogen) atoms. The maximum Gasteiger partial charge on any atom is 0.414 e. The summed E-state index contributed by atoms with van der Waals surface area (Å²) in [7, 11) is 0. The molecule has 1 unspecified atom stereocenters. The second kappa shape index (κ2) is 12.6. The molecule has 2 atom stereocenters. The topological polar surface area (TPSA) is 95.0 Å². The molecule has 0 bridgehead atoms. The summed E-state index contributed by atoms with van der Waals surface area (Å²) in [6.45, 7) is 7.71. The van der Waals surface area contributed by atoms with Gasteiger partial charge in [0.25, 0.3) is 5.91 Å². The monoisotopic (exact) mass is 588 g/mol. The minimum Gasteiger partial charge on any atom is -0.447 e. The van der Waals surface area contributed by atoms with E-state index >= 15 is 4.39 Å². The van der Waals surface area contributed by atoms with E-state index in [1.54, 1.807) is 11.0 Å². The fourth-order valence-electron chi connectivity index (χ4n) is 6.66. The van der Waals surface area contributed by atoms with E-state index in [4.69, 9.17) is 4.74 Å². The molecule has 228 valence electrons. The number of carbonyl (C=O) groups is 2. The Bertz CT molecular complexity index is 1490. The lowest BCUT2D eigenvalue weighted by molar-refractivity contribution is 0.0795. The Morgan fingerprint density at radius 1 is 1.12 bits per heavy atom. The number of benzene rings is 2. The van der Waals surface area contributed by atoms with E-state index in [1.807, 2.05) is 30.3 Å². The molecule has 1 aromatic heterocycles. The molecule has 2 amide bonds. The largest absolute Gasteiger partial charge is 0.447 e. The third-order valence-electron chi connectivity index (χ3n) is 9.44. The highest BCUT2D eigenvalue weighted by Crippen LogP contribution is 2.32. The van der Waals surface area contributed by atoms with E-state index < -0.39 is 5.82 Å². The predicted molar refractivity (Wildman–Crippen MR) is 164 cm³/mol. The average molecular weight is 589 g/mol. The molecule has 2 N–H and O–H groups in total. The van der Waals surface area contributed by atoms with Crippen LogP contribution in [0.1, 0.15) is 72.8 Å². The van der Waals surface area contributed by atoms with Gasteiger partial charge in [0.05, 0.1) is 18.7 Å². The smallest absolute Gasteiger partial charge is 0.414 e. The van der Waals surface area contributed by atoms with Gasteiger partial charge in [-0.2, -0.15) is 0 Å². The second-order valence-electron chi connectivity index (χ2n) is 12.6. The van der Waals surface area contributed by atoms with Crippen molar-refractivity contribution in [1.82, 2.24) is 15.2 Å². The molecule has 0 radical (unpaired) electrons. The highest BCUT2D eigenvalue weighted by atomic mass is 19.1. The van der Waals surface area contributed by atoms with Crippen LogP contribution in [0.5, 0.6) is 0 Å². The van der Waals surface area contributed by atoms with Crippen molar-refractivity contribution in [1.29, 1.82) is 0 Å². The molecule has 3 heterocycles. The van der Waals surface area contributed by atoms with Crippen LogP contribution in [-0.4, -0.2) is 65.9 Å². The molecule has 0 spiro atoms. The van der Waals surface area contributed by atoms with Gasteiger partial charge in [0.1, 0.15) is 17.9 Å². The van der Waals surface area contributed by atoms with Gasteiger partial charge < -0.3 is 20.1 Å². The van der Waals surface area contributed by atoms with Crippen LogP contribution >= 0.6 is 0 Å². The molecule has 2 saturated heterocycles. The van der Waals surface area contributed by atoms with Gasteiger partial charge in [0.2, 0.25) is 0 Å². The number of hydrogen-bond donors (Lipinski definition) is 2. The SMILES string of the molecule is CC(C)C1CCc2nc3c(F)cc(C(=O)N[C@H](CCN4CCC(O)CC4)c4ccc(N5CCOC5=O)cc4)cc3cc2C1. The average Bonchev–Trinajstić information content (AvgIpc) is 3.44. The standard InChI is InChI=1S/C34H41FN4O4/c1-21(2)23-5-8-30-24(17-23)18-25-19-26(20-29(35)32(25)36-30)33(41)37-31(11-14-38-12-9-28(40)10-13-38)22-3-6-27(7-4-22)39-15-16-43-34(39)42/h3-4,6-7,18-21,23,28,31,40H,5,8-17H2,1-2H3,(H,37,41)/t23?,31-/m1/s1. The number of aliphatic hydroxyl groups excluding tert-OH is 1. The van der Waals surface area contributed by atoms with Gasteiger partial charge >= 0.3 is 6.09 Å². The molecule has 9 heteroatoms. The number of ether oxygens (including phenoxy) is 1. The maximum absolute atomic E-state index is 15.4. The van der Waals surface area contributed by atoms with E-state index in [9.17, 15) is 14.7 Å². The highest BCUT2D eigenvalue weighted by Gasteiger charge is 2.26. The molecule has 2 aliphatic heterocycles. The molecule has 3 aromatic rings. The van der Waals surface area contributed by atoms with Crippen molar-refractivity contribution in [3.05, 3.63) is 70.7 Å². The van der Waals surface area contributed by atoms with E-state index in [0.29, 0.717) is 42.3 Å². The van der Waals surface area contributed by atoms with Crippen LogP contribution in [0.3, 0.4) is 0 Å². The summed E-state index contributed by atoms with van der Waals surface area (Å²) >= 11 is 0. The highest BCUT2D eigenvalue weighted by molar-refractivity contribution is 5.98. The van der Waals surface area contributed by atoms with Crippen LogP contribution in [0.4, 0.5) is 14.9 Å². The fourth-order valence-corrected chi connectivity index (χ4v) is 6.66. The number of piperidine rings is 1. The number of pyridine rings is 1. The first kappa shape index (κ1) is 29.5. The van der Waals surface area contributed by atoms with Crippen LogP contribution < -0.4 is 10.2 Å². The normalized spacial score (nSPS) is 20.3. The summed E-state index contributed by atoms with van der Waals surface area (Å²) in [4.78, 5) is 34.3. The van der Waals surface area contributed by atoms with Crippen LogP contribution in [0.25, 0.3) is 10.9 Å². The number of aliphatic hydroxyl groups is 1. The zero-order valence-electron chi connectivity index (χ0n) is 25.0. The first-order valence-corrected chi connectivity index (χ1v) is 15.6. The number of halogens is 1. The Kier molecular flexibility index (Phi) is 8.63. The molecule has 2 aromatic carbocycles. The van der Waals surface area contributed by atoms with Crippen molar-refractivity contribution in [3.63, 3.8) is 0 Å². The number of aryl methyl sites for hydroxylation is 1. The van der Waals surface area contributed by atoms with Gasteiger partial charge in [-0.15, -0.1) is 0 Å². The van der Waals surface area contributed by atoms with E-state index in [1.165, 1.54) is 6.07 Å². The minimum atomic E-state index is -0.485. The Morgan fingerprint density at radius 2 is 1.88 bits per heavy atom. The quantitative estimate of drug-likeness (QED) is 0.366. The van der Waals surface area contributed by atoms with Gasteiger partial charge in [0, 0.05) is 42.0 Å². The summed E-state index contributed by atoms with van der Waals surface area (Å²) < 4.78 is 20.4. The van der Waals surface area contributed by atoms with Gasteiger partial charge in [0.15, 0.2) is 0 Å². The Morgan fingerprint density at radius 3 is 2.58 bits per heavy atom. The van der Waals surface area contributed by atoms with Crippen LogP contribution in [0.15, 0.2) is 42.5 Å². The number of rotatable bonds is 8. The molecule has 3 aliphatic rings. The first-order chi connectivity index (χ1) is 20.7. The number of carbonyl (C=O) groups excluding carboxylic acids is 2.